The molecule has 102 valence electrons. The maximum absolute atomic E-state index is 11.9. The molecule has 1 aromatic carbocycles. The molecule has 1 aromatic rings. The van der Waals surface area contributed by atoms with Crippen molar-refractivity contribution in [1.29, 1.82) is 0 Å². The maximum Gasteiger partial charge on any atom is 0.249 e. The van der Waals surface area contributed by atoms with Crippen LogP contribution in [0, 0.1) is 0 Å². The van der Waals surface area contributed by atoms with E-state index in [1.54, 1.807) is 0 Å². The second-order valence-electron chi connectivity index (χ2n) is 3.83. The molecular formula is C9H13ClN2O4S2. The number of hydrogen-bond acceptors (Lipinski definition) is 5. The highest BCUT2D eigenvalue weighted by atomic mass is 35.5. The topological polar surface area (TPSA) is 97.5 Å². The monoisotopic (exact) mass is 312 g/mol. The van der Waals surface area contributed by atoms with Gasteiger partial charge in [-0.15, -0.1) is 0 Å². The molecule has 1 rings (SSSR count). The fraction of sp³-hybridized carbons (Fsp3) is 0.333. The molecule has 0 aliphatic carbocycles. The normalized spacial score (nSPS) is 12.4. The van der Waals surface area contributed by atoms with Crippen LogP contribution in [0.15, 0.2) is 18.2 Å². The molecule has 0 aliphatic rings. The third-order valence-corrected chi connectivity index (χ3v) is 6.28. The lowest BCUT2D eigenvalue weighted by atomic mass is 10.3. The second kappa shape index (κ2) is 4.94. The quantitative estimate of drug-likeness (QED) is 0.825. The first-order valence-electron chi connectivity index (χ1n) is 4.72. The van der Waals surface area contributed by atoms with Crippen LogP contribution >= 0.6 is 11.6 Å². The summed E-state index contributed by atoms with van der Waals surface area (Å²) in [6.45, 7) is 0. The van der Waals surface area contributed by atoms with Gasteiger partial charge in [-0.25, -0.2) is 16.8 Å². The van der Waals surface area contributed by atoms with Gasteiger partial charge in [0, 0.05) is 18.3 Å². The van der Waals surface area contributed by atoms with Gasteiger partial charge in [0.05, 0.1) is 11.4 Å². The van der Waals surface area contributed by atoms with Gasteiger partial charge in [-0.05, 0) is 18.2 Å². The highest BCUT2D eigenvalue weighted by molar-refractivity contribution is 8.08. The Bertz CT molecular complexity index is 655. The van der Waals surface area contributed by atoms with Gasteiger partial charge in [-0.1, -0.05) is 11.6 Å². The third kappa shape index (κ3) is 3.76. The summed E-state index contributed by atoms with van der Waals surface area (Å²) >= 11 is 5.75. The standard InChI is InChI=1S/C9H13ClN2O4S2/c1-12(18(15,16)6-17(2,13)14)9-5-7(10)3-4-8(9)11/h3-5H,6,11H2,1-2H3. The molecule has 0 unspecified atom stereocenters. The average molecular weight is 313 g/mol. The maximum atomic E-state index is 11.9. The molecular weight excluding hydrogens is 300 g/mol. The number of sulfonamides is 1. The van der Waals surface area contributed by atoms with Crippen molar-refractivity contribution in [3.63, 3.8) is 0 Å². The molecule has 0 fully saturated rings. The fourth-order valence-electron chi connectivity index (χ4n) is 1.29. The molecule has 0 saturated heterocycles. The van der Waals surface area contributed by atoms with E-state index < -0.39 is 24.9 Å². The number of halogens is 1. The van der Waals surface area contributed by atoms with Crippen LogP contribution < -0.4 is 10.0 Å². The molecule has 0 heterocycles. The molecule has 0 aliphatic heterocycles. The molecule has 0 aromatic heterocycles. The Morgan fingerprint density at radius 2 is 1.83 bits per heavy atom. The summed E-state index contributed by atoms with van der Waals surface area (Å²) in [5.41, 5.74) is 5.97. The van der Waals surface area contributed by atoms with E-state index >= 15 is 0 Å². The first kappa shape index (κ1) is 15.1. The van der Waals surface area contributed by atoms with Crippen LogP contribution in [0.2, 0.25) is 5.02 Å². The first-order valence-corrected chi connectivity index (χ1v) is 8.77. The van der Waals surface area contributed by atoms with E-state index in [4.69, 9.17) is 17.3 Å². The lowest BCUT2D eigenvalue weighted by Gasteiger charge is -2.20. The Kier molecular flexibility index (Phi) is 4.14. The van der Waals surface area contributed by atoms with E-state index in [0.29, 0.717) is 5.02 Å². The van der Waals surface area contributed by atoms with E-state index in [1.807, 2.05) is 0 Å². The van der Waals surface area contributed by atoms with Gasteiger partial charge in [0.25, 0.3) is 0 Å². The number of sulfone groups is 1. The summed E-state index contributed by atoms with van der Waals surface area (Å²) in [5, 5.41) is -0.678. The lowest BCUT2D eigenvalue weighted by Crippen LogP contribution is -2.32. The average Bonchev–Trinajstić information content (AvgIpc) is 2.17. The summed E-state index contributed by atoms with van der Waals surface area (Å²) in [7, 11) is -6.44. The highest BCUT2D eigenvalue weighted by Crippen LogP contribution is 2.28. The molecule has 0 spiro atoms. The summed E-state index contributed by atoms with van der Waals surface area (Å²) < 4.78 is 46.7. The molecule has 18 heavy (non-hydrogen) atoms. The van der Waals surface area contributed by atoms with Gasteiger partial charge in [-0.3, -0.25) is 4.31 Å². The van der Waals surface area contributed by atoms with Crippen LogP contribution in [-0.4, -0.2) is 35.2 Å². The van der Waals surface area contributed by atoms with Crippen molar-refractivity contribution in [3.05, 3.63) is 23.2 Å². The van der Waals surface area contributed by atoms with Gasteiger partial charge in [0.2, 0.25) is 10.0 Å². The highest BCUT2D eigenvalue weighted by Gasteiger charge is 2.25. The summed E-state index contributed by atoms with van der Waals surface area (Å²) in [6.07, 6.45) is 0.847. The summed E-state index contributed by atoms with van der Waals surface area (Å²) in [4.78, 5) is 0. The SMILES string of the molecule is CN(c1cc(Cl)ccc1N)S(=O)(=O)CS(C)(=O)=O. The van der Waals surface area contributed by atoms with Crippen molar-refractivity contribution in [1.82, 2.24) is 0 Å². The number of anilines is 2. The minimum Gasteiger partial charge on any atom is -0.397 e. The van der Waals surface area contributed by atoms with Crippen molar-refractivity contribution in [2.24, 2.45) is 0 Å². The molecule has 0 bridgehead atoms. The lowest BCUT2D eigenvalue weighted by molar-refractivity contribution is 0.590. The zero-order valence-electron chi connectivity index (χ0n) is 9.79. The number of nitrogens with zero attached hydrogens (tertiary/aromatic N) is 1. The Balaban J connectivity index is 3.22. The van der Waals surface area contributed by atoms with Crippen LogP contribution in [0.5, 0.6) is 0 Å². The fourth-order valence-corrected chi connectivity index (χ4v) is 4.71. The van der Waals surface area contributed by atoms with Crippen molar-refractivity contribution in [2.75, 3.05) is 28.4 Å². The Labute approximate surface area is 111 Å². The van der Waals surface area contributed by atoms with Gasteiger partial charge < -0.3 is 5.73 Å². The first-order chi connectivity index (χ1) is 8.03. The molecule has 0 radical (unpaired) electrons. The number of benzene rings is 1. The van der Waals surface area contributed by atoms with Crippen molar-refractivity contribution < 1.29 is 16.8 Å². The number of nitrogen functional groups attached to an aromatic ring is 1. The second-order valence-corrected chi connectivity index (χ2v) is 8.77. The Morgan fingerprint density at radius 1 is 1.28 bits per heavy atom. The van der Waals surface area contributed by atoms with Gasteiger partial charge in [-0.2, -0.15) is 0 Å². The van der Waals surface area contributed by atoms with Crippen LogP contribution in [0.3, 0.4) is 0 Å². The molecule has 2 N–H and O–H groups in total. The van der Waals surface area contributed by atoms with Crippen LogP contribution in [0.1, 0.15) is 0 Å². The number of rotatable bonds is 4. The summed E-state index contributed by atoms with van der Waals surface area (Å²) in [6, 6.07) is 4.32. The Morgan fingerprint density at radius 3 is 2.33 bits per heavy atom. The van der Waals surface area contributed by atoms with E-state index in [-0.39, 0.29) is 11.4 Å². The van der Waals surface area contributed by atoms with E-state index in [2.05, 4.69) is 0 Å². The Hall–Kier alpha value is -0.990. The smallest absolute Gasteiger partial charge is 0.249 e. The molecule has 0 atom stereocenters. The van der Waals surface area contributed by atoms with Crippen molar-refractivity contribution in [3.8, 4) is 0 Å². The van der Waals surface area contributed by atoms with Crippen molar-refractivity contribution in [2.45, 2.75) is 0 Å². The van der Waals surface area contributed by atoms with Gasteiger partial charge in [0.1, 0.15) is 0 Å². The van der Waals surface area contributed by atoms with Crippen LogP contribution in [0.25, 0.3) is 0 Å². The largest absolute Gasteiger partial charge is 0.397 e. The van der Waals surface area contributed by atoms with Gasteiger partial charge in [0.15, 0.2) is 14.9 Å². The van der Waals surface area contributed by atoms with E-state index in [0.717, 1.165) is 10.6 Å². The van der Waals surface area contributed by atoms with Crippen LogP contribution in [-0.2, 0) is 19.9 Å². The molecule has 0 saturated carbocycles. The molecule has 0 amide bonds. The van der Waals surface area contributed by atoms with E-state index in [1.165, 1.54) is 25.2 Å². The predicted octanol–water partition coefficient (Wildman–Crippen LogP) is 0.690. The van der Waals surface area contributed by atoms with Crippen molar-refractivity contribution >= 4 is 42.8 Å². The molecule has 9 heteroatoms. The van der Waals surface area contributed by atoms with Gasteiger partial charge >= 0.3 is 0 Å². The number of nitrogens with two attached hydrogens (primary N) is 1. The minimum absolute atomic E-state index is 0.145. The molecule has 6 nitrogen and oxygen atoms in total. The zero-order chi connectivity index (χ0) is 14.1. The van der Waals surface area contributed by atoms with E-state index in [9.17, 15) is 16.8 Å². The summed E-state index contributed by atoms with van der Waals surface area (Å²) in [5.74, 6) is 0. The number of hydrogen-bond donors (Lipinski definition) is 1. The minimum atomic E-state index is -4.00. The predicted molar refractivity (Wildman–Crippen MR) is 72.9 cm³/mol. The van der Waals surface area contributed by atoms with Crippen LogP contribution in [0.4, 0.5) is 11.4 Å². The zero-order valence-corrected chi connectivity index (χ0v) is 12.2. The third-order valence-electron chi connectivity index (χ3n) is 2.11.